The van der Waals surface area contributed by atoms with Gasteiger partial charge in [0.15, 0.2) is 5.01 Å². The average Bonchev–Trinajstić information content (AvgIpc) is 2.60. The Morgan fingerprint density at radius 1 is 1.40 bits per heavy atom. The van der Waals surface area contributed by atoms with Crippen molar-refractivity contribution in [1.29, 1.82) is 0 Å². The number of thiazole rings is 1. The van der Waals surface area contributed by atoms with Gasteiger partial charge in [-0.2, -0.15) is 13.2 Å². The fourth-order valence-corrected chi connectivity index (χ4v) is 1.85. The van der Waals surface area contributed by atoms with Gasteiger partial charge in [0, 0.05) is 17.6 Å². The van der Waals surface area contributed by atoms with E-state index in [1.165, 1.54) is 6.20 Å². The monoisotopic (exact) mass is 238 g/mol. The Hall–Kier alpha value is -0.620. The minimum absolute atomic E-state index is 0.605. The van der Waals surface area contributed by atoms with Crippen LogP contribution < -0.4 is 5.32 Å². The lowest BCUT2D eigenvalue weighted by Gasteiger charge is -2.00. The van der Waals surface area contributed by atoms with E-state index in [1.54, 1.807) is 0 Å². The van der Waals surface area contributed by atoms with Crippen LogP contribution in [0.15, 0.2) is 6.20 Å². The van der Waals surface area contributed by atoms with Gasteiger partial charge in [-0.05, 0) is 19.4 Å². The van der Waals surface area contributed by atoms with Crippen LogP contribution in [0.25, 0.3) is 0 Å². The van der Waals surface area contributed by atoms with Crippen LogP contribution in [-0.2, 0) is 12.6 Å². The molecule has 0 saturated heterocycles. The van der Waals surface area contributed by atoms with Crippen LogP contribution in [0.4, 0.5) is 13.2 Å². The summed E-state index contributed by atoms with van der Waals surface area (Å²) in [6.07, 6.45) is -1.37. The molecule has 0 unspecified atom stereocenters. The van der Waals surface area contributed by atoms with Crippen LogP contribution in [0.3, 0.4) is 0 Å². The summed E-state index contributed by atoms with van der Waals surface area (Å²) in [7, 11) is 0. The maximum Gasteiger partial charge on any atom is 0.443 e. The van der Waals surface area contributed by atoms with Gasteiger partial charge in [0.1, 0.15) is 0 Å². The Balaban J connectivity index is 2.40. The first kappa shape index (κ1) is 12.4. The van der Waals surface area contributed by atoms with Crippen molar-refractivity contribution in [1.82, 2.24) is 10.3 Å². The van der Waals surface area contributed by atoms with Crippen LogP contribution >= 0.6 is 11.3 Å². The van der Waals surface area contributed by atoms with Gasteiger partial charge in [0.05, 0.1) is 0 Å². The Kier molecular flexibility index (Phi) is 4.53. The minimum atomic E-state index is -4.31. The molecule has 0 aliphatic rings. The Morgan fingerprint density at radius 3 is 2.67 bits per heavy atom. The van der Waals surface area contributed by atoms with Crippen LogP contribution in [0.2, 0.25) is 0 Å². The number of halogens is 3. The second-order valence-electron chi connectivity index (χ2n) is 3.13. The highest BCUT2D eigenvalue weighted by Gasteiger charge is 2.34. The maximum atomic E-state index is 12.2. The Labute approximate surface area is 90.5 Å². The molecule has 0 saturated carbocycles. The number of alkyl halides is 3. The fraction of sp³-hybridized carbons (Fsp3) is 0.667. The number of nitrogens with one attached hydrogen (secondary N) is 1. The molecule has 86 valence electrons. The first-order chi connectivity index (χ1) is 7.04. The van der Waals surface area contributed by atoms with Crippen molar-refractivity contribution in [2.45, 2.75) is 25.9 Å². The predicted molar refractivity (Wildman–Crippen MR) is 54.0 cm³/mol. The molecule has 0 fully saturated rings. The molecule has 0 radical (unpaired) electrons. The molecule has 0 aliphatic heterocycles. The normalized spacial score (nSPS) is 12.0. The average molecular weight is 238 g/mol. The largest absolute Gasteiger partial charge is 0.443 e. The summed E-state index contributed by atoms with van der Waals surface area (Å²) < 4.78 is 36.5. The molecule has 1 heterocycles. The van der Waals surface area contributed by atoms with Crippen molar-refractivity contribution in [3.05, 3.63) is 16.1 Å². The van der Waals surface area contributed by atoms with Crippen molar-refractivity contribution >= 4 is 11.3 Å². The molecule has 0 spiro atoms. The first-order valence-corrected chi connectivity index (χ1v) is 5.58. The SMILES string of the molecule is CCCNCCc1cnc(C(F)(F)F)s1. The molecule has 1 aromatic heterocycles. The molecule has 15 heavy (non-hydrogen) atoms. The van der Waals surface area contributed by atoms with Crippen molar-refractivity contribution in [2.24, 2.45) is 0 Å². The van der Waals surface area contributed by atoms with Gasteiger partial charge in [0.25, 0.3) is 0 Å². The highest BCUT2D eigenvalue weighted by molar-refractivity contribution is 7.11. The Bertz CT molecular complexity index is 296. The standard InChI is InChI=1S/C9H13F3N2S/c1-2-4-13-5-3-7-6-14-8(15-7)9(10,11)12/h6,13H,2-5H2,1H3. The number of aromatic nitrogens is 1. The third kappa shape index (κ3) is 4.17. The quantitative estimate of drug-likeness (QED) is 0.798. The lowest BCUT2D eigenvalue weighted by atomic mass is 10.3. The van der Waals surface area contributed by atoms with E-state index < -0.39 is 11.2 Å². The summed E-state index contributed by atoms with van der Waals surface area (Å²) in [5, 5.41) is 2.37. The second kappa shape index (κ2) is 5.46. The van der Waals surface area contributed by atoms with Gasteiger partial charge in [-0.1, -0.05) is 6.92 Å². The van der Waals surface area contributed by atoms with Crippen molar-refractivity contribution in [3.8, 4) is 0 Å². The predicted octanol–water partition coefficient (Wildman–Crippen LogP) is 2.70. The summed E-state index contributed by atoms with van der Waals surface area (Å²) in [6, 6.07) is 0. The molecule has 0 amide bonds. The number of hydrogen-bond donors (Lipinski definition) is 1. The van der Waals surface area contributed by atoms with E-state index in [-0.39, 0.29) is 0 Å². The summed E-state index contributed by atoms with van der Waals surface area (Å²) in [5.41, 5.74) is 0. The second-order valence-corrected chi connectivity index (χ2v) is 4.24. The van der Waals surface area contributed by atoms with Crippen molar-refractivity contribution in [3.63, 3.8) is 0 Å². The van der Waals surface area contributed by atoms with Crippen LogP contribution in [0, 0.1) is 0 Å². The van der Waals surface area contributed by atoms with Crippen LogP contribution in [-0.4, -0.2) is 18.1 Å². The summed E-state index contributed by atoms with van der Waals surface area (Å²) >= 11 is 0.722. The molecule has 1 aromatic rings. The van der Waals surface area contributed by atoms with E-state index in [4.69, 9.17) is 0 Å². The van der Waals surface area contributed by atoms with Gasteiger partial charge in [0.2, 0.25) is 0 Å². The van der Waals surface area contributed by atoms with Crippen LogP contribution in [0.1, 0.15) is 23.2 Å². The zero-order chi connectivity index (χ0) is 11.3. The van der Waals surface area contributed by atoms with E-state index in [2.05, 4.69) is 10.3 Å². The minimum Gasteiger partial charge on any atom is -0.316 e. The molecular weight excluding hydrogens is 225 g/mol. The zero-order valence-electron chi connectivity index (χ0n) is 8.40. The highest BCUT2D eigenvalue weighted by Crippen LogP contribution is 2.32. The third-order valence-corrected chi connectivity index (χ3v) is 2.87. The van der Waals surface area contributed by atoms with Gasteiger partial charge in [-0.3, -0.25) is 0 Å². The molecule has 2 nitrogen and oxygen atoms in total. The lowest BCUT2D eigenvalue weighted by Crippen LogP contribution is -2.17. The van der Waals surface area contributed by atoms with Gasteiger partial charge in [-0.15, -0.1) is 11.3 Å². The van der Waals surface area contributed by atoms with E-state index in [0.29, 0.717) is 17.8 Å². The van der Waals surface area contributed by atoms with Gasteiger partial charge in [-0.25, -0.2) is 4.98 Å². The summed E-state index contributed by atoms with van der Waals surface area (Å²) in [5.74, 6) is 0. The van der Waals surface area contributed by atoms with Gasteiger partial charge < -0.3 is 5.32 Å². The fourth-order valence-electron chi connectivity index (χ4n) is 1.07. The Morgan fingerprint density at radius 2 is 2.13 bits per heavy atom. The highest BCUT2D eigenvalue weighted by atomic mass is 32.1. The molecule has 1 rings (SSSR count). The molecular formula is C9H13F3N2S. The topological polar surface area (TPSA) is 24.9 Å². The lowest BCUT2D eigenvalue weighted by molar-refractivity contribution is -0.137. The smallest absolute Gasteiger partial charge is 0.316 e. The summed E-state index contributed by atoms with van der Waals surface area (Å²) in [6.45, 7) is 3.64. The van der Waals surface area contributed by atoms with Crippen molar-refractivity contribution in [2.75, 3.05) is 13.1 Å². The van der Waals surface area contributed by atoms with E-state index in [0.717, 1.165) is 24.3 Å². The number of hydrogen-bond acceptors (Lipinski definition) is 3. The summed E-state index contributed by atoms with van der Waals surface area (Å²) in [4.78, 5) is 4.02. The van der Waals surface area contributed by atoms with E-state index >= 15 is 0 Å². The first-order valence-electron chi connectivity index (χ1n) is 4.76. The molecule has 0 atom stereocenters. The van der Waals surface area contributed by atoms with E-state index in [1.807, 2.05) is 6.92 Å². The van der Waals surface area contributed by atoms with Crippen molar-refractivity contribution < 1.29 is 13.2 Å². The number of rotatable bonds is 5. The van der Waals surface area contributed by atoms with E-state index in [9.17, 15) is 13.2 Å². The van der Waals surface area contributed by atoms with Crippen LogP contribution in [0.5, 0.6) is 0 Å². The molecule has 1 N–H and O–H groups in total. The molecule has 6 heteroatoms. The molecule has 0 aromatic carbocycles. The molecule has 0 bridgehead atoms. The zero-order valence-corrected chi connectivity index (χ0v) is 9.21. The number of nitrogens with zero attached hydrogens (tertiary/aromatic N) is 1. The maximum absolute atomic E-state index is 12.2. The third-order valence-electron chi connectivity index (χ3n) is 1.77. The van der Waals surface area contributed by atoms with Gasteiger partial charge >= 0.3 is 6.18 Å². The molecule has 0 aliphatic carbocycles.